The van der Waals surface area contributed by atoms with E-state index in [2.05, 4.69) is 10.7 Å². The van der Waals surface area contributed by atoms with Gasteiger partial charge in [-0.3, -0.25) is 20.3 Å². The van der Waals surface area contributed by atoms with E-state index in [9.17, 15) is 36.5 Å². The highest BCUT2D eigenvalue weighted by atomic mass is 32.2. The number of sulfonamides is 2. The number of fused-ring (bicyclic) bond motifs is 2. The van der Waals surface area contributed by atoms with E-state index in [-0.39, 0.29) is 93.4 Å². The molecule has 2 saturated carbocycles. The van der Waals surface area contributed by atoms with Crippen molar-refractivity contribution in [1.82, 2.24) is 8.61 Å². The molecule has 14 heteroatoms. The van der Waals surface area contributed by atoms with E-state index in [1.165, 1.54) is 45.0 Å². The van der Waals surface area contributed by atoms with E-state index in [0.29, 0.717) is 36.5 Å². The van der Waals surface area contributed by atoms with Gasteiger partial charge < -0.3 is 0 Å². The molecule has 3 aromatic carbocycles. The zero-order valence-corrected chi connectivity index (χ0v) is 31.1. The van der Waals surface area contributed by atoms with E-state index >= 15 is 0 Å². The van der Waals surface area contributed by atoms with Crippen molar-refractivity contribution < 1.29 is 31.6 Å². The zero-order valence-electron chi connectivity index (χ0n) is 29.5. The minimum Gasteiger partial charge on any atom is -0.299 e. The number of ketones is 2. The molecular formula is C38H48N4O8S2. The minimum absolute atomic E-state index is 0.0698. The fourth-order valence-corrected chi connectivity index (χ4v) is 12.2. The Hall–Kier alpha value is -3.30. The van der Waals surface area contributed by atoms with E-state index < -0.39 is 20.0 Å². The molecule has 7 rings (SSSR count). The first kappa shape index (κ1) is 37.0. The standard InChI is InChI=1S/C38H48N4O8S2/c43-37(25-7-3-1-4-8-25)27-15-19-41(20-16-27)51(47,48)29-11-13-31-33(23-29)36(40-46)34-24-30(12-14-32(34)35(31)39-45)52(49,50)42-21-17-28(18-22-42)38(44)26-9-5-2-6-10-26/h11-14,23-28,39,45H,1-10,15-22H2. The van der Waals surface area contributed by atoms with Crippen molar-refractivity contribution in [3.63, 3.8) is 0 Å². The third-order valence-electron chi connectivity index (χ3n) is 12.2. The van der Waals surface area contributed by atoms with Gasteiger partial charge >= 0.3 is 0 Å². The van der Waals surface area contributed by atoms with Gasteiger partial charge in [0.2, 0.25) is 20.0 Å². The fourth-order valence-electron chi connectivity index (χ4n) is 9.20. The lowest BCUT2D eigenvalue weighted by Crippen LogP contribution is -2.41. The van der Waals surface area contributed by atoms with Crippen molar-refractivity contribution in [2.24, 2.45) is 28.8 Å². The Morgan fingerprint density at radius 3 is 1.29 bits per heavy atom. The summed E-state index contributed by atoms with van der Waals surface area (Å²) in [4.78, 5) is 38.7. The zero-order chi connectivity index (χ0) is 36.6. The Labute approximate surface area is 305 Å². The van der Waals surface area contributed by atoms with Gasteiger partial charge in [-0.25, -0.2) is 16.8 Å². The number of nitrogens with one attached hydrogen (secondary N) is 1. The number of nitrogens with zero attached hydrogens (tertiary/aromatic N) is 3. The second kappa shape index (κ2) is 15.2. The second-order valence-corrected chi connectivity index (χ2v) is 19.0. The Kier molecular flexibility index (Phi) is 10.8. The van der Waals surface area contributed by atoms with Crippen LogP contribution in [0.25, 0.3) is 21.5 Å². The van der Waals surface area contributed by atoms with E-state index in [4.69, 9.17) is 0 Å². The number of carbonyl (C=O) groups is 2. The maximum Gasteiger partial charge on any atom is 0.243 e. The molecule has 4 aliphatic rings. The third kappa shape index (κ3) is 6.92. The van der Waals surface area contributed by atoms with Gasteiger partial charge in [0.15, 0.2) is 0 Å². The molecule has 0 radical (unpaired) electrons. The number of hydrogen-bond donors (Lipinski definition) is 2. The maximum absolute atomic E-state index is 13.9. The Bertz CT molecular complexity index is 1940. The normalized spacial score (nSPS) is 21.4. The van der Waals surface area contributed by atoms with Crippen LogP contribution in [0.2, 0.25) is 0 Å². The molecule has 12 nitrogen and oxygen atoms in total. The number of Topliss-reactive ketones (excluding diaryl/α,β-unsaturated/α-hetero) is 2. The Morgan fingerprint density at radius 2 is 0.942 bits per heavy atom. The van der Waals surface area contributed by atoms with Crippen LogP contribution in [-0.4, -0.2) is 68.4 Å². The molecule has 2 aliphatic heterocycles. The molecule has 2 N–H and O–H groups in total. The summed E-state index contributed by atoms with van der Waals surface area (Å²) in [6.45, 7) is 0.820. The quantitative estimate of drug-likeness (QED) is 0.123. The lowest BCUT2D eigenvalue weighted by atomic mass is 9.79. The molecule has 0 unspecified atom stereocenters. The lowest BCUT2D eigenvalue weighted by Gasteiger charge is -2.33. The van der Waals surface area contributed by atoms with Crippen LogP contribution in [0.4, 0.5) is 11.4 Å². The van der Waals surface area contributed by atoms with Gasteiger partial charge in [-0.05, 0) is 80.8 Å². The van der Waals surface area contributed by atoms with Gasteiger partial charge in [-0.2, -0.15) is 8.61 Å². The van der Waals surface area contributed by atoms with Gasteiger partial charge in [0, 0.05) is 71.4 Å². The summed E-state index contributed by atoms with van der Waals surface area (Å²) in [6, 6.07) is 8.51. The van der Waals surface area contributed by atoms with Crippen molar-refractivity contribution in [3.8, 4) is 0 Å². The number of piperidine rings is 2. The molecule has 52 heavy (non-hydrogen) atoms. The molecule has 0 atom stereocenters. The third-order valence-corrected chi connectivity index (χ3v) is 16.0. The first-order valence-corrected chi connectivity index (χ1v) is 21.8. The summed E-state index contributed by atoms with van der Waals surface area (Å²) in [5, 5.41) is 14.4. The largest absolute Gasteiger partial charge is 0.299 e. The fraction of sp³-hybridized carbons (Fsp3) is 0.579. The number of anilines is 1. The Balaban J connectivity index is 1.14. The summed E-state index contributed by atoms with van der Waals surface area (Å²) >= 11 is 0. The molecule has 2 aliphatic carbocycles. The summed E-state index contributed by atoms with van der Waals surface area (Å²) in [5.41, 5.74) is 2.19. The van der Waals surface area contributed by atoms with Crippen LogP contribution in [0.1, 0.15) is 89.9 Å². The molecule has 0 spiro atoms. The monoisotopic (exact) mass is 752 g/mol. The van der Waals surface area contributed by atoms with Crippen LogP contribution in [0.3, 0.4) is 0 Å². The van der Waals surface area contributed by atoms with Crippen LogP contribution >= 0.6 is 0 Å². The molecular weight excluding hydrogens is 705 g/mol. The van der Waals surface area contributed by atoms with Crippen LogP contribution in [0.15, 0.2) is 51.4 Å². The molecule has 2 saturated heterocycles. The second-order valence-electron chi connectivity index (χ2n) is 15.2. The number of hydrogen-bond acceptors (Lipinski definition) is 10. The number of carbonyl (C=O) groups excluding carboxylic acids is 2. The summed E-state index contributed by atoms with van der Waals surface area (Å²) in [5.74, 6) is 0.367. The molecule has 0 amide bonds. The van der Waals surface area contributed by atoms with Crippen LogP contribution in [-0.2, 0) is 29.6 Å². The average molecular weight is 753 g/mol. The summed E-state index contributed by atoms with van der Waals surface area (Å²) in [7, 11) is -8.04. The maximum atomic E-state index is 13.9. The van der Waals surface area contributed by atoms with Gasteiger partial charge in [0.1, 0.15) is 17.3 Å². The van der Waals surface area contributed by atoms with Crippen molar-refractivity contribution in [2.45, 2.75) is 99.7 Å². The number of nitroso groups, excluding NO2 is 1. The summed E-state index contributed by atoms with van der Waals surface area (Å²) < 4.78 is 58.4. The number of benzene rings is 3. The van der Waals surface area contributed by atoms with E-state index in [0.717, 1.165) is 64.2 Å². The minimum atomic E-state index is -4.02. The molecule has 0 aromatic heterocycles. The molecule has 4 fully saturated rings. The van der Waals surface area contributed by atoms with Gasteiger partial charge in [-0.15, -0.1) is 4.91 Å². The van der Waals surface area contributed by atoms with Crippen LogP contribution in [0, 0.1) is 28.6 Å². The number of rotatable bonds is 10. The highest BCUT2D eigenvalue weighted by Crippen LogP contribution is 2.44. The first-order chi connectivity index (χ1) is 25.0. The molecule has 280 valence electrons. The highest BCUT2D eigenvalue weighted by molar-refractivity contribution is 7.89. The predicted molar refractivity (Wildman–Crippen MR) is 198 cm³/mol. The van der Waals surface area contributed by atoms with Crippen molar-refractivity contribution in [1.29, 1.82) is 0 Å². The summed E-state index contributed by atoms with van der Waals surface area (Å²) in [6.07, 6.45) is 12.0. The highest BCUT2D eigenvalue weighted by Gasteiger charge is 2.37. The average Bonchev–Trinajstić information content (AvgIpc) is 3.19. The molecule has 0 bridgehead atoms. The van der Waals surface area contributed by atoms with Crippen LogP contribution < -0.4 is 5.48 Å². The molecule has 3 aromatic rings. The first-order valence-electron chi connectivity index (χ1n) is 18.9. The van der Waals surface area contributed by atoms with Gasteiger partial charge in [0.25, 0.3) is 0 Å². The Morgan fingerprint density at radius 1 is 0.577 bits per heavy atom. The van der Waals surface area contributed by atoms with Crippen molar-refractivity contribution in [3.05, 3.63) is 41.3 Å². The van der Waals surface area contributed by atoms with Gasteiger partial charge in [-0.1, -0.05) is 50.7 Å². The lowest BCUT2D eigenvalue weighted by molar-refractivity contribution is -0.129. The smallest absolute Gasteiger partial charge is 0.243 e. The molecule has 2 heterocycles. The predicted octanol–water partition coefficient (Wildman–Crippen LogP) is 7.29. The topological polar surface area (TPSA) is 171 Å². The van der Waals surface area contributed by atoms with E-state index in [1.54, 1.807) is 0 Å². The van der Waals surface area contributed by atoms with Gasteiger partial charge in [0.05, 0.1) is 15.5 Å². The SMILES string of the molecule is O=Nc1c2cc(S(=O)(=O)N3CCC(C(=O)C4CCCCC4)CC3)ccc2c(NO)c2ccc(S(=O)(=O)N3CCC(C(=O)C4CCCCC4)CC3)cc12. The van der Waals surface area contributed by atoms with Crippen molar-refractivity contribution in [2.75, 3.05) is 31.7 Å². The van der Waals surface area contributed by atoms with Crippen molar-refractivity contribution >= 4 is 64.5 Å². The van der Waals surface area contributed by atoms with E-state index in [1.807, 2.05) is 0 Å². The van der Waals surface area contributed by atoms with Crippen LogP contribution in [0.5, 0.6) is 0 Å².